The van der Waals surface area contributed by atoms with Crippen LogP contribution in [-0.4, -0.2) is 45.5 Å². The maximum atomic E-state index is 13.5. The zero-order valence-corrected chi connectivity index (χ0v) is 18.6. The lowest BCUT2D eigenvalue weighted by Gasteiger charge is -2.46. The summed E-state index contributed by atoms with van der Waals surface area (Å²) in [6.45, 7) is 4.38. The quantitative estimate of drug-likeness (QED) is 0.544. The molecule has 1 spiro atoms. The summed E-state index contributed by atoms with van der Waals surface area (Å²) in [5.74, 6) is -4.36. The van der Waals surface area contributed by atoms with Gasteiger partial charge in [-0.15, -0.1) is 0 Å². The van der Waals surface area contributed by atoms with E-state index < -0.39 is 46.3 Å². The van der Waals surface area contributed by atoms with Crippen molar-refractivity contribution >= 4 is 35.1 Å². The molecule has 0 radical (unpaired) electrons. The maximum Gasteiger partial charge on any atom is 0.297 e. The number of Topliss-reactive ketones (excluding diaryl/α,β-unsaturated/α-hetero) is 1. The molecule has 2 atom stereocenters. The lowest BCUT2D eigenvalue weighted by molar-refractivity contribution is -0.156. The van der Waals surface area contributed by atoms with Gasteiger partial charge in [0.1, 0.15) is 23.1 Å². The molecule has 1 N–H and O–H groups in total. The van der Waals surface area contributed by atoms with Crippen LogP contribution in [0.25, 0.3) is 0 Å². The number of hydrogen-bond acceptors (Lipinski definition) is 4. The van der Waals surface area contributed by atoms with Crippen molar-refractivity contribution in [1.82, 2.24) is 15.1 Å². The largest absolute Gasteiger partial charge is 0.337 e. The molecule has 3 fully saturated rings. The molecule has 1 aliphatic carbocycles. The molecule has 0 aromatic heterocycles. The number of amides is 3. The van der Waals surface area contributed by atoms with Crippen molar-refractivity contribution in [3.05, 3.63) is 45.9 Å². The Balaban J connectivity index is 1.52. The molecular weight excluding hydrogens is 437 g/mol. The summed E-state index contributed by atoms with van der Waals surface area (Å²) in [7, 11) is 0. The summed E-state index contributed by atoms with van der Waals surface area (Å²) in [6, 6.07) is 4.18. The van der Waals surface area contributed by atoms with E-state index in [1.165, 1.54) is 28.0 Å². The zero-order valence-electron chi connectivity index (χ0n) is 17.8. The smallest absolute Gasteiger partial charge is 0.297 e. The lowest BCUT2D eigenvalue weighted by Crippen LogP contribution is -2.63. The van der Waals surface area contributed by atoms with Crippen LogP contribution in [0.1, 0.15) is 45.1 Å². The topological polar surface area (TPSA) is 86.8 Å². The van der Waals surface area contributed by atoms with E-state index in [9.17, 15) is 23.6 Å². The molecule has 5 rings (SSSR count). The van der Waals surface area contributed by atoms with Gasteiger partial charge in [-0.3, -0.25) is 24.1 Å². The van der Waals surface area contributed by atoms with E-state index in [1.54, 1.807) is 0 Å². The van der Waals surface area contributed by atoms with Crippen LogP contribution in [-0.2, 0) is 25.7 Å². The van der Waals surface area contributed by atoms with Crippen molar-refractivity contribution in [3.8, 4) is 0 Å². The van der Waals surface area contributed by atoms with E-state index in [1.807, 2.05) is 13.8 Å². The Hall–Kier alpha value is -2.74. The van der Waals surface area contributed by atoms with Crippen LogP contribution < -0.4 is 5.32 Å². The Labute approximate surface area is 189 Å². The predicted octanol–water partition coefficient (Wildman–Crippen LogP) is 2.53. The van der Waals surface area contributed by atoms with Gasteiger partial charge >= 0.3 is 0 Å². The molecule has 1 saturated carbocycles. The van der Waals surface area contributed by atoms with Gasteiger partial charge in [-0.25, -0.2) is 4.39 Å². The number of nitrogens with one attached hydrogen (secondary N) is 1. The van der Waals surface area contributed by atoms with Crippen molar-refractivity contribution in [2.24, 2.45) is 11.3 Å². The third kappa shape index (κ3) is 2.71. The van der Waals surface area contributed by atoms with Gasteiger partial charge in [0.05, 0.1) is 5.02 Å². The van der Waals surface area contributed by atoms with Crippen LogP contribution in [0.4, 0.5) is 4.39 Å². The number of carbonyl (C=O) groups is 4. The number of rotatable bonds is 2. The third-order valence-corrected chi connectivity index (χ3v) is 7.79. The number of nitrogens with zero attached hydrogens (tertiary/aromatic N) is 2. The Morgan fingerprint density at radius 1 is 1.19 bits per heavy atom. The molecule has 2 saturated heterocycles. The second-order valence-electron chi connectivity index (χ2n) is 9.62. The summed E-state index contributed by atoms with van der Waals surface area (Å²) < 4.78 is 13.5. The molecule has 3 aliphatic heterocycles. The van der Waals surface area contributed by atoms with Crippen molar-refractivity contribution in [3.63, 3.8) is 0 Å². The fourth-order valence-corrected chi connectivity index (χ4v) is 5.96. The fraction of sp³-hybridized carbons (Fsp3) is 0.478. The first-order valence-corrected chi connectivity index (χ1v) is 11.1. The van der Waals surface area contributed by atoms with Gasteiger partial charge in [0.25, 0.3) is 11.8 Å². The number of carbonyl (C=O) groups excluding carboxylic acids is 4. The molecule has 4 aliphatic rings. The lowest BCUT2D eigenvalue weighted by atomic mass is 9.77. The van der Waals surface area contributed by atoms with E-state index in [2.05, 4.69) is 5.32 Å². The highest BCUT2D eigenvalue weighted by atomic mass is 35.5. The third-order valence-electron chi connectivity index (χ3n) is 7.50. The fourth-order valence-electron chi connectivity index (χ4n) is 5.75. The minimum Gasteiger partial charge on any atom is -0.337 e. The number of benzene rings is 1. The van der Waals surface area contributed by atoms with Crippen molar-refractivity contribution in [1.29, 1.82) is 0 Å². The van der Waals surface area contributed by atoms with Crippen molar-refractivity contribution in [2.45, 2.75) is 51.7 Å². The van der Waals surface area contributed by atoms with Gasteiger partial charge < -0.3 is 10.2 Å². The SMILES string of the molecule is CC1(C)CCCC12NC(=O)C1=C3CCN(Cc4ccc(F)c(Cl)c4)C(=O)C3C(=O)C(=O)N12. The van der Waals surface area contributed by atoms with Crippen LogP contribution in [0.15, 0.2) is 29.5 Å². The number of ketones is 1. The molecule has 168 valence electrons. The maximum absolute atomic E-state index is 13.5. The molecule has 3 amide bonds. The number of halogens is 2. The van der Waals surface area contributed by atoms with Crippen LogP contribution in [0.3, 0.4) is 0 Å². The number of piperidine rings is 1. The van der Waals surface area contributed by atoms with Gasteiger partial charge in [-0.05, 0) is 49.0 Å². The average Bonchev–Trinajstić information content (AvgIpc) is 3.20. The summed E-state index contributed by atoms with van der Waals surface area (Å²) >= 11 is 5.85. The molecule has 7 nitrogen and oxygen atoms in total. The second-order valence-corrected chi connectivity index (χ2v) is 10.0. The normalized spacial score (nSPS) is 29.1. The first-order chi connectivity index (χ1) is 15.1. The van der Waals surface area contributed by atoms with Crippen LogP contribution in [0.2, 0.25) is 5.02 Å². The molecule has 9 heteroatoms. The summed E-state index contributed by atoms with van der Waals surface area (Å²) in [5.41, 5.74) is -0.130. The Bertz CT molecular complexity index is 1130. The van der Waals surface area contributed by atoms with Gasteiger partial charge in [0, 0.05) is 18.5 Å². The highest BCUT2D eigenvalue weighted by Crippen LogP contribution is 2.54. The second kappa shape index (κ2) is 6.88. The van der Waals surface area contributed by atoms with E-state index >= 15 is 0 Å². The first-order valence-electron chi connectivity index (χ1n) is 10.7. The molecule has 1 aromatic carbocycles. The number of fused-ring (bicyclic) bond motifs is 3. The van der Waals surface area contributed by atoms with E-state index in [4.69, 9.17) is 11.6 Å². The molecule has 2 unspecified atom stereocenters. The Morgan fingerprint density at radius 2 is 1.94 bits per heavy atom. The summed E-state index contributed by atoms with van der Waals surface area (Å²) in [5, 5.41) is 2.95. The van der Waals surface area contributed by atoms with Gasteiger partial charge in [-0.1, -0.05) is 31.5 Å². The monoisotopic (exact) mass is 459 g/mol. The summed E-state index contributed by atoms with van der Waals surface area (Å²) in [6.07, 6.45) is 2.51. The number of likely N-dealkylation sites (tertiary alicyclic amines) is 1. The average molecular weight is 460 g/mol. The van der Waals surface area contributed by atoms with E-state index in [0.29, 0.717) is 24.0 Å². The van der Waals surface area contributed by atoms with E-state index in [-0.39, 0.29) is 23.8 Å². The van der Waals surface area contributed by atoms with Crippen molar-refractivity contribution < 1.29 is 23.6 Å². The van der Waals surface area contributed by atoms with Gasteiger partial charge in [0.2, 0.25) is 11.7 Å². The van der Waals surface area contributed by atoms with Gasteiger partial charge in [-0.2, -0.15) is 0 Å². The first kappa shape index (κ1) is 21.1. The predicted molar refractivity (Wildman–Crippen MR) is 112 cm³/mol. The number of hydrogen-bond donors (Lipinski definition) is 1. The minimum absolute atomic E-state index is 0.0542. The summed E-state index contributed by atoms with van der Waals surface area (Å²) in [4.78, 5) is 55.6. The zero-order chi connectivity index (χ0) is 23.0. The van der Waals surface area contributed by atoms with E-state index in [0.717, 1.165) is 12.8 Å². The highest BCUT2D eigenvalue weighted by molar-refractivity contribution is 6.44. The molecular formula is C23H23ClFN3O4. The molecule has 3 heterocycles. The standard InChI is InChI=1S/C23H23ClFN3O4/c1-22(2)7-3-8-23(22)26-19(30)17-13-6-9-27(11-12-4-5-15(25)14(24)10-12)20(31)16(13)18(29)21(32)28(17)23/h4-5,10,16H,3,6-9,11H2,1-2H3,(H,26,30). The minimum atomic E-state index is -1.29. The Morgan fingerprint density at radius 3 is 2.59 bits per heavy atom. The van der Waals surface area contributed by atoms with Crippen molar-refractivity contribution in [2.75, 3.05) is 6.54 Å². The van der Waals surface area contributed by atoms with Crippen LogP contribution in [0, 0.1) is 17.2 Å². The Kier molecular flexibility index (Phi) is 4.54. The molecule has 32 heavy (non-hydrogen) atoms. The van der Waals surface area contributed by atoms with Crippen LogP contribution in [0.5, 0.6) is 0 Å². The molecule has 0 bridgehead atoms. The van der Waals surface area contributed by atoms with Crippen LogP contribution >= 0.6 is 11.6 Å². The van der Waals surface area contributed by atoms with Gasteiger partial charge in [0.15, 0.2) is 0 Å². The highest BCUT2D eigenvalue weighted by Gasteiger charge is 2.65. The molecule has 1 aromatic rings.